The number of aromatic nitrogens is 3. The van der Waals surface area contributed by atoms with Gasteiger partial charge in [-0.05, 0) is 25.1 Å². The van der Waals surface area contributed by atoms with Crippen molar-refractivity contribution in [3.63, 3.8) is 0 Å². The molecular weight excluding hydrogens is 206 g/mol. The lowest BCUT2D eigenvalue weighted by atomic mass is 10.2. The zero-order chi connectivity index (χ0) is 11.5. The van der Waals surface area contributed by atoms with Gasteiger partial charge in [0.1, 0.15) is 0 Å². The number of pyridine rings is 1. The fraction of sp³-hybridized carbons (Fsp3) is 0.0909. The van der Waals surface area contributed by atoms with Gasteiger partial charge in [-0.3, -0.25) is 4.98 Å². The highest BCUT2D eigenvalue weighted by atomic mass is 16.4. The summed E-state index contributed by atoms with van der Waals surface area (Å²) in [6.07, 6.45) is 3.04. The third-order valence-electron chi connectivity index (χ3n) is 2.04. The van der Waals surface area contributed by atoms with E-state index in [9.17, 15) is 4.79 Å². The van der Waals surface area contributed by atoms with E-state index >= 15 is 0 Å². The Morgan fingerprint density at radius 3 is 2.69 bits per heavy atom. The van der Waals surface area contributed by atoms with E-state index in [-0.39, 0.29) is 5.69 Å². The number of rotatable bonds is 2. The molecule has 0 bridgehead atoms. The van der Waals surface area contributed by atoms with Gasteiger partial charge >= 0.3 is 5.97 Å². The summed E-state index contributed by atoms with van der Waals surface area (Å²) in [6.45, 7) is 1.87. The molecule has 0 spiro atoms. The van der Waals surface area contributed by atoms with Crippen LogP contribution in [0.25, 0.3) is 11.4 Å². The Balaban J connectivity index is 2.44. The first kappa shape index (κ1) is 10.2. The van der Waals surface area contributed by atoms with E-state index in [2.05, 4.69) is 15.0 Å². The standard InChI is InChI=1S/C11H9N3O2/c1-7-2-3-8(6-13-7)10-12-5-4-9(14-10)11(15)16/h2-6H,1H3,(H,15,16). The van der Waals surface area contributed by atoms with Crippen LogP contribution in [0.5, 0.6) is 0 Å². The molecule has 0 fully saturated rings. The van der Waals surface area contributed by atoms with Crippen LogP contribution in [0.2, 0.25) is 0 Å². The van der Waals surface area contributed by atoms with E-state index < -0.39 is 5.97 Å². The van der Waals surface area contributed by atoms with Gasteiger partial charge in [0.25, 0.3) is 0 Å². The van der Waals surface area contributed by atoms with Crippen LogP contribution in [0.4, 0.5) is 0 Å². The fourth-order valence-electron chi connectivity index (χ4n) is 1.22. The minimum Gasteiger partial charge on any atom is -0.477 e. The monoisotopic (exact) mass is 215 g/mol. The van der Waals surface area contributed by atoms with Gasteiger partial charge in [-0.1, -0.05) is 0 Å². The van der Waals surface area contributed by atoms with Gasteiger partial charge in [-0.15, -0.1) is 0 Å². The third-order valence-corrected chi connectivity index (χ3v) is 2.04. The number of hydrogen-bond donors (Lipinski definition) is 1. The highest BCUT2D eigenvalue weighted by Crippen LogP contribution is 2.13. The van der Waals surface area contributed by atoms with Gasteiger partial charge in [0.05, 0.1) is 0 Å². The summed E-state index contributed by atoms with van der Waals surface area (Å²) < 4.78 is 0. The molecule has 0 saturated heterocycles. The van der Waals surface area contributed by atoms with Gasteiger partial charge in [0.15, 0.2) is 11.5 Å². The fourth-order valence-corrected chi connectivity index (χ4v) is 1.22. The van der Waals surface area contributed by atoms with E-state index in [4.69, 9.17) is 5.11 Å². The van der Waals surface area contributed by atoms with Crippen LogP contribution in [-0.4, -0.2) is 26.0 Å². The average Bonchev–Trinajstić information content (AvgIpc) is 2.30. The first-order chi connectivity index (χ1) is 7.66. The van der Waals surface area contributed by atoms with Crippen LogP contribution >= 0.6 is 0 Å². The molecule has 80 valence electrons. The minimum absolute atomic E-state index is 0.0226. The first-order valence-corrected chi connectivity index (χ1v) is 4.66. The molecule has 1 N–H and O–H groups in total. The van der Waals surface area contributed by atoms with Crippen molar-refractivity contribution in [1.29, 1.82) is 0 Å². The van der Waals surface area contributed by atoms with Gasteiger partial charge in [0.2, 0.25) is 0 Å². The van der Waals surface area contributed by atoms with E-state index in [1.807, 2.05) is 19.1 Å². The Labute approximate surface area is 91.8 Å². The second-order valence-corrected chi connectivity index (χ2v) is 3.26. The van der Waals surface area contributed by atoms with Crippen LogP contribution in [-0.2, 0) is 0 Å². The topological polar surface area (TPSA) is 76.0 Å². The van der Waals surface area contributed by atoms with Crippen molar-refractivity contribution in [2.75, 3.05) is 0 Å². The molecule has 0 atom stereocenters. The molecule has 0 aliphatic carbocycles. The quantitative estimate of drug-likeness (QED) is 0.822. The predicted octanol–water partition coefficient (Wildman–Crippen LogP) is 1.55. The van der Waals surface area contributed by atoms with Crippen molar-refractivity contribution in [2.24, 2.45) is 0 Å². The van der Waals surface area contributed by atoms with Crippen LogP contribution in [0, 0.1) is 6.92 Å². The van der Waals surface area contributed by atoms with E-state index in [0.29, 0.717) is 11.4 Å². The Kier molecular flexibility index (Phi) is 2.59. The summed E-state index contributed by atoms with van der Waals surface area (Å²) in [5, 5.41) is 8.79. The molecule has 0 saturated carbocycles. The zero-order valence-corrected chi connectivity index (χ0v) is 8.58. The maximum absolute atomic E-state index is 10.7. The second-order valence-electron chi connectivity index (χ2n) is 3.26. The van der Waals surface area contributed by atoms with Crippen LogP contribution in [0.1, 0.15) is 16.2 Å². The molecule has 16 heavy (non-hydrogen) atoms. The summed E-state index contributed by atoms with van der Waals surface area (Å²) in [7, 11) is 0. The number of carboxylic acids is 1. The van der Waals surface area contributed by atoms with Gasteiger partial charge < -0.3 is 5.11 Å². The normalized spacial score (nSPS) is 10.1. The van der Waals surface area contributed by atoms with Crippen molar-refractivity contribution < 1.29 is 9.90 Å². The van der Waals surface area contributed by atoms with Gasteiger partial charge in [-0.2, -0.15) is 0 Å². The van der Waals surface area contributed by atoms with E-state index in [0.717, 1.165) is 5.69 Å². The number of aromatic carboxylic acids is 1. The van der Waals surface area contributed by atoms with Crippen LogP contribution < -0.4 is 0 Å². The maximum atomic E-state index is 10.7. The summed E-state index contributed by atoms with van der Waals surface area (Å²) in [6, 6.07) is 4.99. The Hall–Kier alpha value is -2.30. The van der Waals surface area contributed by atoms with Crippen molar-refractivity contribution in [3.05, 3.63) is 42.0 Å². The number of carboxylic acid groups (broad SMARTS) is 1. The van der Waals surface area contributed by atoms with E-state index in [1.165, 1.54) is 12.3 Å². The molecule has 5 nitrogen and oxygen atoms in total. The molecule has 0 unspecified atom stereocenters. The van der Waals surface area contributed by atoms with Crippen molar-refractivity contribution >= 4 is 5.97 Å². The lowest BCUT2D eigenvalue weighted by molar-refractivity contribution is 0.0690. The van der Waals surface area contributed by atoms with Gasteiger partial charge in [0, 0.05) is 23.7 Å². The SMILES string of the molecule is Cc1ccc(-c2nccc(C(=O)O)n2)cn1. The molecule has 0 aliphatic heterocycles. The smallest absolute Gasteiger partial charge is 0.354 e. The van der Waals surface area contributed by atoms with Crippen LogP contribution in [0.15, 0.2) is 30.6 Å². The molecule has 0 radical (unpaired) electrons. The number of nitrogens with zero attached hydrogens (tertiary/aromatic N) is 3. The van der Waals surface area contributed by atoms with Crippen molar-refractivity contribution in [2.45, 2.75) is 6.92 Å². The van der Waals surface area contributed by atoms with Crippen molar-refractivity contribution in [3.8, 4) is 11.4 Å². The zero-order valence-electron chi connectivity index (χ0n) is 8.58. The molecule has 0 aliphatic rings. The molecule has 2 aromatic rings. The molecule has 2 heterocycles. The lowest BCUT2D eigenvalue weighted by Crippen LogP contribution is -2.02. The summed E-state index contributed by atoms with van der Waals surface area (Å²) in [5.74, 6) is -0.698. The summed E-state index contributed by atoms with van der Waals surface area (Å²) in [4.78, 5) is 22.8. The summed E-state index contributed by atoms with van der Waals surface area (Å²) >= 11 is 0. The predicted molar refractivity (Wildman–Crippen MR) is 57.0 cm³/mol. The highest BCUT2D eigenvalue weighted by molar-refractivity contribution is 5.85. The highest BCUT2D eigenvalue weighted by Gasteiger charge is 2.07. The number of aryl methyl sites for hydroxylation is 1. The molecule has 2 aromatic heterocycles. The lowest BCUT2D eigenvalue weighted by Gasteiger charge is -2.00. The average molecular weight is 215 g/mol. The van der Waals surface area contributed by atoms with Crippen LogP contribution in [0.3, 0.4) is 0 Å². The second kappa shape index (κ2) is 4.06. The third kappa shape index (κ3) is 2.03. The molecule has 5 heteroatoms. The van der Waals surface area contributed by atoms with Gasteiger partial charge in [-0.25, -0.2) is 14.8 Å². The molecule has 2 rings (SSSR count). The Bertz CT molecular complexity index is 523. The Morgan fingerprint density at radius 2 is 2.06 bits per heavy atom. The number of carbonyl (C=O) groups is 1. The van der Waals surface area contributed by atoms with E-state index in [1.54, 1.807) is 6.20 Å². The Morgan fingerprint density at radius 1 is 1.25 bits per heavy atom. The first-order valence-electron chi connectivity index (χ1n) is 4.66. The number of hydrogen-bond acceptors (Lipinski definition) is 4. The molecular formula is C11H9N3O2. The molecule has 0 amide bonds. The molecule has 0 aromatic carbocycles. The maximum Gasteiger partial charge on any atom is 0.354 e. The minimum atomic E-state index is -1.07. The van der Waals surface area contributed by atoms with Crippen molar-refractivity contribution in [1.82, 2.24) is 15.0 Å². The largest absolute Gasteiger partial charge is 0.477 e. The summed E-state index contributed by atoms with van der Waals surface area (Å²) in [5.41, 5.74) is 1.57.